The molecule has 5 nitrogen and oxygen atoms in total. The van der Waals surface area contributed by atoms with Gasteiger partial charge in [-0.05, 0) is 36.4 Å². The van der Waals surface area contributed by atoms with Crippen molar-refractivity contribution in [2.45, 2.75) is 0 Å². The van der Waals surface area contributed by atoms with Gasteiger partial charge in [0.15, 0.2) is 11.6 Å². The lowest BCUT2D eigenvalue weighted by Crippen LogP contribution is -2.12. The Morgan fingerprint density at radius 3 is 1.45 bits per heavy atom. The zero-order valence-corrected chi connectivity index (χ0v) is 23.8. The average Bonchev–Trinajstić information content (AvgIpc) is 3.45. The molecule has 6 aromatic carbocycles. The summed E-state index contributed by atoms with van der Waals surface area (Å²) >= 11 is 0. The van der Waals surface area contributed by atoms with E-state index in [1.54, 1.807) is 0 Å². The van der Waals surface area contributed by atoms with E-state index in [-0.39, 0.29) is 0 Å². The molecule has 0 saturated heterocycles. The van der Waals surface area contributed by atoms with E-state index in [1.165, 1.54) is 0 Å². The van der Waals surface area contributed by atoms with Crippen molar-refractivity contribution in [2.75, 3.05) is 4.90 Å². The molecule has 0 aliphatic rings. The molecule has 0 bridgehead atoms. The molecule has 0 fully saturated rings. The Bertz CT molecular complexity index is 2110. The third-order valence-electron chi connectivity index (χ3n) is 7.83. The van der Waals surface area contributed by atoms with Gasteiger partial charge >= 0.3 is 0 Å². The van der Waals surface area contributed by atoms with Crippen molar-refractivity contribution in [3.05, 3.63) is 164 Å². The summed E-state index contributed by atoms with van der Waals surface area (Å²) < 4.78 is 2.19. The molecule has 8 aromatic rings. The fraction of sp³-hybridized carbons (Fsp3) is 0. The van der Waals surface area contributed by atoms with E-state index in [2.05, 4.69) is 100 Å². The summed E-state index contributed by atoms with van der Waals surface area (Å²) in [5.41, 5.74) is 7.07. The van der Waals surface area contributed by atoms with Gasteiger partial charge in [0.25, 0.3) is 0 Å². The number of benzene rings is 6. The van der Waals surface area contributed by atoms with Gasteiger partial charge in [-0.2, -0.15) is 9.97 Å². The molecule has 0 unspecified atom stereocenters. The first-order chi connectivity index (χ1) is 21.8. The lowest BCUT2D eigenvalue weighted by molar-refractivity contribution is 0.952. The fourth-order valence-corrected chi connectivity index (χ4v) is 5.87. The van der Waals surface area contributed by atoms with Gasteiger partial charge in [0.2, 0.25) is 5.95 Å². The van der Waals surface area contributed by atoms with E-state index < -0.39 is 0 Å². The van der Waals surface area contributed by atoms with Gasteiger partial charge < -0.3 is 4.90 Å². The van der Waals surface area contributed by atoms with Crippen LogP contribution in [0.15, 0.2) is 164 Å². The van der Waals surface area contributed by atoms with Crippen molar-refractivity contribution in [1.82, 2.24) is 19.5 Å². The van der Waals surface area contributed by atoms with Crippen LogP contribution in [0.1, 0.15) is 0 Å². The lowest BCUT2D eigenvalue weighted by atomic mass is 10.1. The Morgan fingerprint density at radius 1 is 0.409 bits per heavy atom. The molecule has 2 heterocycles. The maximum Gasteiger partial charge on any atom is 0.238 e. The van der Waals surface area contributed by atoms with Gasteiger partial charge in [-0.1, -0.05) is 127 Å². The predicted molar refractivity (Wildman–Crippen MR) is 180 cm³/mol. The molecule has 0 amide bonds. The van der Waals surface area contributed by atoms with E-state index in [9.17, 15) is 0 Å². The molecule has 208 valence electrons. The second-order valence-electron chi connectivity index (χ2n) is 10.5. The van der Waals surface area contributed by atoms with Crippen molar-refractivity contribution < 1.29 is 0 Å². The Kier molecular flexibility index (Phi) is 6.39. The molecule has 2 aromatic heterocycles. The third kappa shape index (κ3) is 4.48. The molecule has 0 aliphatic carbocycles. The number of nitrogens with zero attached hydrogens (tertiary/aromatic N) is 5. The number of hydrogen-bond acceptors (Lipinski definition) is 4. The minimum atomic E-state index is 0.567. The molecular weight excluding hydrogens is 538 g/mol. The summed E-state index contributed by atoms with van der Waals surface area (Å²) in [6.45, 7) is 0. The summed E-state index contributed by atoms with van der Waals surface area (Å²) in [6.07, 6.45) is 0. The van der Waals surface area contributed by atoms with Crippen LogP contribution in [0.25, 0.3) is 50.5 Å². The molecule has 0 saturated carbocycles. The fourth-order valence-electron chi connectivity index (χ4n) is 5.87. The standard InChI is InChI=1S/C39H27N5/c1-5-16-28(17-6-1)37-40-38(29-18-7-2-8-19-29)42-39(41-37)44-34-26-14-13-24-32(34)33-25-15-27-35(36(33)44)43(30-20-9-3-10-21-30)31-22-11-4-12-23-31/h1-27H. The molecule has 0 atom stereocenters. The monoisotopic (exact) mass is 565 g/mol. The molecule has 0 aliphatic heterocycles. The minimum absolute atomic E-state index is 0.567. The van der Waals surface area contributed by atoms with E-state index in [0.717, 1.165) is 50.0 Å². The zero-order chi connectivity index (χ0) is 29.3. The first-order valence-corrected chi connectivity index (χ1v) is 14.6. The van der Waals surface area contributed by atoms with E-state index >= 15 is 0 Å². The van der Waals surface area contributed by atoms with Crippen LogP contribution in [0.4, 0.5) is 17.1 Å². The van der Waals surface area contributed by atoms with Crippen LogP contribution in [-0.2, 0) is 0 Å². The topological polar surface area (TPSA) is 46.8 Å². The quantitative estimate of drug-likeness (QED) is 0.201. The predicted octanol–water partition coefficient (Wildman–Crippen LogP) is 9.77. The molecular formula is C39H27N5. The molecule has 5 heteroatoms. The first-order valence-electron chi connectivity index (χ1n) is 14.6. The van der Waals surface area contributed by atoms with Crippen LogP contribution < -0.4 is 4.90 Å². The first kappa shape index (κ1) is 25.6. The van der Waals surface area contributed by atoms with Crippen molar-refractivity contribution in [3.8, 4) is 28.7 Å². The Morgan fingerprint density at radius 2 is 0.886 bits per heavy atom. The normalized spacial score (nSPS) is 11.2. The van der Waals surface area contributed by atoms with Gasteiger partial charge in [-0.25, -0.2) is 4.98 Å². The van der Waals surface area contributed by atoms with Gasteiger partial charge in [-0.3, -0.25) is 4.57 Å². The van der Waals surface area contributed by atoms with E-state index in [4.69, 9.17) is 15.0 Å². The van der Waals surface area contributed by atoms with Crippen molar-refractivity contribution in [3.63, 3.8) is 0 Å². The van der Waals surface area contributed by atoms with Crippen LogP contribution in [-0.4, -0.2) is 19.5 Å². The second kappa shape index (κ2) is 11.0. The molecule has 8 rings (SSSR count). The van der Waals surface area contributed by atoms with E-state index in [1.807, 2.05) is 72.8 Å². The number of aromatic nitrogens is 4. The molecule has 44 heavy (non-hydrogen) atoms. The van der Waals surface area contributed by atoms with Gasteiger partial charge in [0.1, 0.15) is 0 Å². The van der Waals surface area contributed by atoms with Crippen molar-refractivity contribution in [2.24, 2.45) is 0 Å². The Balaban J connectivity index is 1.48. The van der Waals surface area contributed by atoms with Crippen LogP contribution >= 0.6 is 0 Å². The SMILES string of the molecule is c1ccc(-c2nc(-c3ccccc3)nc(-n3c4ccccc4c4cccc(N(c5ccccc5)c5ccccc5)c43)n2)cc1. The van der Waals surface area contributed by atoms with Crippen LogP contribution in [0.2, 0.25) is 0 Å². The number of para-hydroxylation sites is 4. The Hall–Kier alpha value is -6.07. The smallest absolute Gasteiger partial charge is 0.238 e. The highest BCUT2D eigenvalue weighted by Crippen LogP contribution is 2.43. The number of hydrogen-bond donors (Lipinski definition) is 0. The minimum Gasteiger partial charge on any atom is -0.308 e. The third-order valence-corrected chi connectivity index (χ3v) is 7.83. The van der Waals surface area contributed by atoms with Gasteiger partial charge in [-0.15, -0.1) is 0 Å². The van der Waals surface area contributed by atoms with Crippen molar-refractivity contribution >= 4 is 38.9 Å². The highest BCUT2D eigenvalue weighted by atomic mass is 15.2. The summed E-state index contributed by atoms with van der Waals surface area (Å²) in [5.74, 6) is 1.82. The highest BCUT2D eigenvalue weighted by molar-refractivity contribution is 6.14. The number of rotatable bonds is 6. The van der Waals surface area contributed by atoms with Crippen LogP contribution in [0.3, 0.4) is 0 Å². The van der Waals surface area contributed by atoms with Crippen LogP contribution in [0, 0.1) is 0 Å². The second-order valence-corrected chi connectivity index (χ2v) is 10.5. The van der Waals surface area contributed by atoms with Crippen molar-refractivity contribution in [1.29, 1.82) is 0 Å². The van der Waals surface area contributed by atoms with Crippen LogP contribution in [0.5, 0.6) is 0 Å². The summed E-state index contributed by atoms with van der Waals surface area (Å²) in [4.78, 5) is 17.5. The molecule has 0 N–H and O–H groups in total. The largest absolute Gasteiger partial charge is 0.308 e. The van der Waals surface area contributed by atoms with Gasteiger partial charge in [0, 0.05) is 33.3 Å². The summed E-state index contributed by atoms with van der Waals surface area (Å²) in [6, 6.07) is 56.1. The highest BCUT2D eigenvalue weighted by Gasteiger charge is 2.23. The summed E-state index contributed by atoms with van der Waals surface area (Å²) in [5, 5.41) is 2.26. The number of anilines is 3. The zero-order valence-electron chi connectivity index (χ0n) is 23.8. The summed E-state index contributed by atoms with van der Waals surface area (Å²) in [7, 11) is 0. The van der Waals surface area contributed by atoms with Gasteiger partial charge in [0.05, 0.1) is 16.7 Å². The lowest BCUT2D eigenvalue weighted by Gasteiger charge is -2.26. The molecule has 0 spiro atoms. The maximum atomic E-state index is 5.14. The van der Waals surface area contributed by atoms with E-state index in [0.29, 0.717) is 17.6 Å². The number of fused-ring (bicyclic) bond motifs is 3. The molecule has 0 radical (unpaired) electrons. The maximum absolute atomic E-state index is 5.14. The average molecular weight is 566 g/mol. The Labute approximate surface area is 255 Å².